The van der Waals surface area contributed by atoms with Gasteiger partial charge in [0.25, 0.3) is 0 Å². The van der Waals surface area contributed by atoms with E-state index in [9.17, 15) is 14.4 Å². The fourth-order valence-corrected chi connectivity index (χ4v) is 1.83. The minimum absolute atomic E-state index is 0.0585. The molecule has 1 aromatic rings. The Kier molecular flexibility index (Phi) is 2.16. The second-order valence-electron chi connectivity index (χ2n) is 3.84. The summed E-state index contributed by atoms with van der Waals surface area (Å²) in [7, 11) is 0. The topological polar surface area (TPSA) is 74.6 Å². The van der Waals surface area contributed by atoms with Crippen LogP contribution >= 0.6 is 0 Å². The Morgan fingerprint density at radius 1 is 1.00 bits per heavy atom. The van der Waals surface area contributed by atoms with E-state index in [0.717, 1.165) is 16.9 Å². The second-order valence-corrected chi connectivity index (χ2v) is 3.84. The van der Waals surface area contributed by atoms with Crippen molar-refractivity contribution >= 4 is 23.8 Å². The molecule has 1 aliphatic carbocycles. The molecule has 0 radical (unpaired) electrons. The van der Waals surface area contributed by atoms with E-state index < -0.39 is 11.9 Å². The molecule has 0 N–H and O–H groups in total. The van der Waals surface area contributed by atoms with Crippen LogP contribution in [-0.2, 0) is 20.8 Å². The Bertz CT molecular complexity index is 635. The van der Waals surface area contributed by atoms with Crippen molar-refractivity contribution in [2.75, 3.05) is 0 Å². The van der Waals surface area contributed by atoms with Crippen LogP contribution in [0.25, 0.3) is 6.08 Å². The maximum atomic E-state index is 11.4. The van der Waals surface area contributed by atoms with Crippen molar-refractivity contribution < 1.29 is 24.0 Å². The zero-order valence-electron chi connectivity index (χ0n) is 9.08. The minimum atomic E-state index is -0.685. The van der Waals surface area contributed by atoms with E-state index >= 15 is 0 Å². The number of carbonyl (C=O) groups excluding carboxylic acids is 3. The summed E-state index contributed by atoms with van der Waals surface area (Å²) in [5.74, 6) is -1.30. The average molecular weight is 245 g/mol. The molecule has 2 aliphatic rings. The summed E-state index contributed by atoms with van der Waals surface area (Å²) >= 11 is 0. The predicted molar refractivity (Wildman–Crippen MR) is 58.5 cm³/mol. The monoisotopic (exact) mass is 245 g/mol. The van der Waals surface area contributed by atoms with Gasteiger partial charge in [0, 0.05) is 24.1 Å². The lowest BCUT2D eigenvalue weighted by Gasteiger charge is -2.10. The summed E-state index contributed by atoms with van der Waals surface area (Å²) in [6.45, 7) is 0. The summed E-state index contributed by atoms with van der Waals surface area (Å²) in [6, 6.07) is 0. The Morgan fingerprint density at radius 2 is 1.78 bits per heavy atom. The Balaban J connectivity index is 2.12. The number of nitrogens with zero attached hydrogens (tertiary/aromatic N) is 1. The van der Waals surface area contributed by atoms with Crippen molar-refractivity contribution in [1.82, 2.24) is 4.73 Å². The second kappa shape index (κ2) is 3.69. The van der Waals surface area contributed by atoms with E-state index in [0.29, 0.717) is 11.1 Å². The molecule has 3 rings (SSSR count). The number of carbonyl (C=O) groups is 3. The van der Waals surface area contributed by atoms with E-state index in [-0.39, 0.29) is 18.1 Å². The fraction of sp³-hybridized carbons (Fsp3) is 0.0833. The molecule has 6 heteroatoms. The fourth-order valence-electron chi connectivity index (χ4n) is 1.83. The number of allylic oxidation sites excluding steroid dienone is 1. The number of aromatic nitrogens is 1. The van der Waals surface area contributed by atoms with E-state index in [1.807, 2.05) is 0 Å². The molecule has 6 nitrogen and oxygen atoms in total. The highest BCUT2D eigenvalue weighted by molar-refractivity contribution is 6.00. The van der Waals surface area contributed by atoms with Gasteiger partial charge in [0.05, 0.1) is 6.20 Å². The van der Waals surface area contributed by atoms with Crippen molar-refractivity contribution in [2.45, 2.75) is 6.42 Å². The van der Waals surface area contributed by atoms with Crippen LogP contribution in [0.2, 0.25) is 0 Å². The van der Waals surface area contributed by atoms with E-state index in [4.69, 9.17) is 9.57 Å². The molecule has 0 aromatic carbocycles. The van der Waals surface area contributed by atoms with Gasteiger partial charge in [0.1, 0.15) is 0 Å². The third-order valence-corrected chi connectivity index (χ3v) is 2.59. The van der Waals surface area contributed by atoms with Crippen LogP contribution in [0.5, 0.6) is 5.88 Å². The van der Waals surface area contributed by atoms with Crippen molar-refractivity contribution in [1.29, 1.82) is 0 Å². The van der Waals surface area contributed by atoms with Crippen LogP contribution in [0, 0.1) is 0 Å². The molecule has 0 spiro atoms. The van der Waals surface area contributed by atoms with Gasteiger partial charge in [-0.3, -0.25) is 4.79 Å². The summed E-state index contributed by atoms with van der Waals surface area (Å²) in [6.07, 6.45) is 6.56. The van der Waals surface area contributed by atoms with Gasteiger partial charge in [-0.25, -0.2) is 9.59 Å². The molecule has 1 aliphatic heterocycles. The quantitative estimate of drug-likeness (QED) is 0.604. The largest absolute Gasteiger partial charge is 0.402 e. The maximum absolute atomic E-state index is 11.4. The molecular formula is C12H7NO5. The third-order valence-electron chi connectivity index (χ3n) is 2.59. The Labute approximate surface area is 101 Å². The first-order valence-electron chi connectivity index (χ1n) is 5.21. The van der Waals surface area contributed by atoms with E-state index in [1.165, 1.54) is 12.3 Å². The summed E-state index contributed by atoms with van der Waals surface area (Å²) in [4.78, 5) is 38.9. The number of esters is 1. The highest BCUT2D eigenvalue weighted by atomic mass is 16.7. The third kappa shape index (κ3) is 1.64. The zero-order chi connectivity index (χ0) is 12.7. The normalized spacial score (nSPS) is 19.2. The average Bonchev–Trinajstić information content (AvgIpc) is 2.62. The standard InChI is InChI=1S/C12H7NO5/c14-8-1-2-9-7(5-8)6-13-12(9)17-10(15)3-4-11(16)18-13/h1-4,6H,5H2/b4-3+. The SMILES string of the molecule is O=C1C=Cc2c(cn3c2OC(=O)/C=C/C(=O)O3)C1. The summed E-state index contributed by atoms with van der Waals surface area (Å²) in [5.41, 5.74) is 1.23. The molecule has 0 amide bonds. The van der Waals surface area contributed by atoms with Crippen LogP contribution in [-0.4, -0.2) is 22.5 Å². The molecule has 0 saturated heterocycles. The molecule has 0 fully saturated rings. The number of hydrogen-bond acceptors (Lipinski definition) is 5. The molecule has 18 heavy (non-hydrogen) atoms. The molecular weight excluding hydrogens is 238 g/mol. The highest BCUT2D eigenvalue weighted by Gasteiger charge is 2.24. The number of fused-ring (bicyclic) bond motifs is 3. The van der Waals surface area contributed by atoms with Gasteiger partial charge < -0.3 is 9.57 Å². The van der Waals surface area contributed by atoms with E-state index in [2.05, 4.69) is 0 Å². The summed E-state index contributed by atoms with van der Waals surface area (Å²) < 4.78 is 6.12. The van der Waals surface area contributed by atoms with Gasteiger partial charge in [-0.15, -0.1) is 4.73 Å². The first kappa shape index (κ1) is 10.5. The first-order chi connectivity index (χ1) is 8.63. The van der Waals surface area contributed by atoms with Gasteiger partial charge in [-0.05, 0) is 17.7 Å². The van der Waals surface area contributed by atoms with Gasteiger partial charge in [0.2, 0.25) is 5.88 Å². The van der Waals surface area contributed by atoms with Crippen LogP contribution in [0.3, 0.4) is 0 Å². The lowest BCUT2D eigenvalue weighted by Crippen LogP contribution is -2.22. The van der Waals surface area contributed by atoms with Crippen molar-refractivity contribution in [3.63, 3.8) is 0 Å². The molecule has 90 valence electrons. The van der Waals surface area contributed by atoms with Crippen LogP contribution < -0.4 is 9.57 Å². The Morgan fingerprint density at radius 3 is 2.61 bits per heavy atom. The number of ketones is 1. The van der Waals surface area contributed by atoms with Gasteiger partial charge >= 0.3 is 11.9 Å². The molecule has 1 aromatic heterocycles. The molecule has 0 bridgehead atoms. The van der Waals surface area contributed by atoms with E-state index in [1.54, 1.807) is 6.08 Å². The smallest absolute Gasteiger partial charge is 0.356 e. The lowest BCUT2D eigenvalue weighted by atomic mass is 10.0. The Hall–Kier alpha value is -2.63. The molecule has 2 heterocycles. The lowest BCUT2D eigenvalue weighted by molar-refractivity contribution is -0.142. The zero-order valence-corrected chi connectivity index (χ0v) is 9.08. The molecule has 0 saturated carbocycles. The van der Waals surface area contributed by atoms with Gasteiger partial charge in [-0.1, -0.05) is 0 Å². The number of rotatable bonds is 0. The predicted octanol–water partition coefficient (Wildman–Crippen LogP) is 0.0569. The van der Waals surface area contributed by atoms with Crippen LogP contribution in [0.15, 0.2) is 24.4 Å². The van der Waals surface area contributed by atoms with Crippen LogP contribution in [0.4, 0.5) is 0 Å². The first-order valence-corrected chi connectivity index (χ1v) is 5.21. The van der Waals surface area contributed by atoms with Gasteiger partial charge in [0.15, 0.2) is 5.78 Å². The number of hydrogen-bond donors (Lipinski definition) is 0. The van der Waals surface area contributed by atoms with Crippen molar-refractivity contribution in [3.8, 4) is 5.88 Å². The van der Waals surface area contributed by atoms with Crippen molar-refractivity contribution in [2.24, 2.45) is 0 Å². The molecule has 0 unspecified atom stereocenters. The molecule has 0 atom stereocenters. The minimum Gasteiger partial charge on any atom is -0.402 e. The van der Waals surface area contributed by atoms with Gasteiger partial charge in [-0.2, -0.15) is 0 Å². The van der Waals surface area contributed by atoms with Crippen molar-refractivity contribution in [3.05, 3.63) is 35.6 Å². The number of ether oxygens (including phenoxy) is 1. The van der Waals surface area contributed by atoms with Crippen LogP contribution in [0.1, 0.15) is 11.1 Å². The highest BCUT2D eigenvalue weighted by Crippen LogP contribution is 2.30. The maximum Gasteiger partial charge on any atom is 0.356 e. The summed E-state index contributed by atoms with van der Waals surface area (Å²) in [5, 5.41) is 0.